The lowest BCUT2D eigenvalue weighted by Gasteiger charge is -2.08. The van der Waals surface area contributed by atoms with Crippen molar-refractivity contribution in [2.75, 3.05) is 11.9 Å². The van der Waals surface area contributed by atoms with Crippen LogP contribution in [0.4, 0.5) is 10.1 Å². The molecule has 0 saturated heterocycles. The second-order valence-corrected chi connectivity index (χ2v) is 6.10. The lowest BCUT2D eigenvalue weighted by Crippen LogP contribution is -2.21. The number of anilines is 1. The molecule has 2 N–H and O–H groups in total. The third kappa shape index (κ3) is 4.40. The predicted octanol–water partition coefficient (Wildman–Crippen LogP) is 4.07. The quantitative estimate of drug-likeness (QED) is 0.639. The zero-order chi connectivity index (χ0) is 18.5. The number of esters is 1. The van der Waals surface area contributed by atoms with Crippen molar-refractivity contribution in [1.82, 2.24) is 4.98 Å². The normalized spacial score (nSPS) is 10.7. The molecule has 1 aromatic heterocycles. The monoisotopic (exact) mass is 374 g/mol. The summed E-state index contributed by atoms with van der Waals surface area (Å²) in [5.74, 6) is -1.52. The van der Waals surface area contributed by atoms with Gasteiger partial charge in [-0.05, 0) is 36.2 Å². The SMILES string of the molecule is O=C(COC(=O)CCc1c[nH]c2ccccc12)Nc1ccc(F)cc1Cl. The van der Waals surface area contributed by atoms with Gasteiger partial charge in [-0.1, -0.05) is 29.8 Å². The van der Waals surface area contributed by atoms with Gasteiger partial charge < -0.3 is 15.0 Å². The highest BCUT2D eigenvalue weighted by atomic mass is 35.5. The smallest absolute Gasteiger partial charge is 0.306 e. The molecule has 0 radical (unpaired) electrons. The first-order valence-corrected chi connectivity index (χ1v) is 8.36. The van der Waals surface area contributed by atoms with Gasteiger partial charge in [0, 0.05) is 23.5 Å². The first-order chi connectivity index (χ1) is 12.5. The number of benzene rings is 2. The lowest BCUT2D eigenvalue weighted by molar-refractivity contribution is -0.147. The summed E-state index contributed by atoms with van der Waals surface area (Å²) in [4.78, 5) is 26.8. The van der Waals surface area contributed by atoms with Crippen molar-refractivity contribution < 1.29 is 18.7 Å². The molecule has 0 unspecified atom stereocenters. The van der Waals surface area contributed by atoms with Crippen LogP contribution in [0, 0.1) is 5.82 Å². The summed E-state index contributed by atoms with van der Waals surface area (Å²) >= 11 is 5.83. The molecule has 3 rings (SSSR count). The Bertz CT molecular complexity index is 955. The van der Waals surface area contributed by atoms with E-state index in [2.05, 4.69) is 10.3 Å². The number of nitrogens with one attached hydrogen (secondary N) is 2. The number of H-pyrrole nitrogens is 1. The standard InChI is InChI=1S/C19H16ClFN2O3/c20-15-9-13(21)6-7-17(15)23-18(24)11-26-19(25)8-5-12-10-22-16-4-2-1-3-14(12)16/h1-4,6-7,9-10,22H,5,8,11H2,(H,23,24). The Morgan fingerprint density at radius 3 is 2.81 bits per heavy atom. The van der Waals surface area contributed by atoms with E-state index in [0.717, 1.165) is 22.5 Å². The van der Waals surface area contributed by atoms with Crippen LogP contribution in [0.5, 0.6) is 0 Å². The fourth-order valence-corrected chi connectivity index (χ4v) is 2.79. The van der Waals surface area contributed by atoms with E-state index in [1.165, 1.54) is 12.1 Å². The minimum Gasteiger partial charge on any atom is -0.456 e. The number of rotatable bonds is 6. The van der Waals surface area contributed by atoms with Gasteiger partial charge >= 0.3 is 5.97 Å². The van der Waals surface area contributed by atoms with Crippen molar-refractivity contribution in [3.8, 4) is 0 Å². The summed E-state index contributed by atoms with van der Waals surface area (Å²) in [6.07, 6.45) is 2.53. The van der Waals surface area contributed by atoms with Crippen LogP contribution in [-0.2, 0) is 20.7 Å². The maximum absolute atomic E-state index is 13.0. The maximum Gasteiger partial charge on any atom is 0.306 e. The van der Waals surface area contributed by atoms with Crippen molar-refractivity contribution in [2.24, 2.45) is 0 Å². The largest absolute Gasteiger partial charge is 0.456 e. The number of aromatic nitrogens is 1. The molecule has 0 aliphatic carbocycles. The van der Waals surface area contributed by atoms with E-state index < -0.39 is 24.3 Å². The Balaban J connectivity index is 1.47. The third-order valence-electron chi connectivity index (χ3n) is 3.84. The Kier molecular flexibility index (Phi) is 5.53. The molecule has 2 aromatic carbocycles. The van der Waals surface area contributed by atoms with Gasteiger partial charge in [0.2, 0.25) is 0 Å². The highest BCUT2D eigenvalue weighted by Gasteiger charge is 2.11. The van der Waals surface area contributed by atoms with Crippen molar-refractivity contribution in [2.45, 2.75) is 12.8 Å². The molecule has 0 spiro atoms. The number of hydrogen-bond acceptors (Lipinski definition) is 3. The number of para-hydroxylation sites is 1. The topological polar surface area (TPSA) is 71.2 Å². The number of aromatic amines is 1. The molecule has 0 atom stereocenters. The second-order valence-electron chi connectivity index (χ2n) is 5.69. The van der Waals surface area contributed by atoms with Crippen LogP contribution in [-0.4, -0.2) is 23.5 Å². The molecule has 0 saturated carbocycles. The number of hydrogen-bond donors (Lipinski definition) is 2. The fourth-order valence-electron chi connectivity index (χ4n) is 2.57. The van der Waals surface area contributed by atoms with E-state index in [1.54, 1.807) is 0 Å². The first-order valence-electron chi connectivity index (χ1n) is 7.98. The summed E-state index contributed by atoms with van der Waals surface area (Å²) in [5.41, 5.74) is 2.28. The summed E-state index contributed by atoms with van der Waals surface area (Å²) in [6.45, 7) is -0.430. The van der Waals surface area contributed by atoms with Gasteiger partial charge in [-0.25, -0.2) is 4.39 Å². The highest BCUT2D eigenvalue weighted by Crippen LogP contribution is 2.22. The summed E-state index contributed by atoms with van der Waals surface area (Å²) < 4.78 is 17.9. The highest BCUT2D eigenvalue weighted by molar-refractivity contribution is 6.33. The van der Waals surface area contributed by atoms with Gasteiger partial charge in [0.15, 0.2) is 6.61 Å². The van der Waals surface area contributed by atoms with Gasteiger partial charge in [-0.15, -0.1) is 0 Å². The third-order valence-corrected chi connectivity index (χ3v) is 4.16. The van der Waals surface area contributed by atoms with E-state index in [1.807, 2.05) is 30.5 Å². The predicted molar refractivity (Wildman–Crippen MR) is 97.6 cm³/mol. The van der Waals surface area contributed by atoms with E-state index >= 15 is 0 Å². The second kappa shape index (κ2) is 8.01. The molecular formula is C19H16ClFN2O3. The van der Waals surface area contributed by atoms with Crippen molar-refractivity contribution in [3.05, 3.63) is 65.1 Å². The summed E-state index contributed by atoms with van der Waals surface area (Å²) in [6, 6.07) is 11.4. The van der Waals surface area contributed by atoms with Gasteiger partial charge in [-0.2, -0.15) is 0 Å². The Morgan fingerprint density at radius 1 is 1.19 bits per heavy atom. The van der Waals surface area contributed by atoms with E-state index in [-0.39, 0.29) is 17.1 Å². The van der Waals surface area contributed by atoms with Crippen LogP contribution in [0.3, 0.4) is 0 Å². The molecule has 134 valence electrons. The molecular weight excluding hydrogens is 359 g/mol. The number of aryl methyl sites for hydroxylation is 1. The Labute approximate surface area is 154 Å². The van der Waals surface area contributed by atoms with Gasteiger partial charge in [-0.3, -0.25) is 9.59 Å². The molecule has 0 aliphatic heterocycles. The number of carbonyl (C=O) groups excluding carboxylic acids is 2. The average molecular weight is 375 g/mol. The van der Waals surface area contributed by atoms with Gasteiger partial charge in [0.25, 0.3) is 5.91 Å². The number of halogens is 2. The zero-order valence-corrected chi connectivity index (χ0v) is 14.5. The fraction of sp³-hybridized carbons (Fsp3) is 0.158. The Hall–Kier alpha value is -2.86. The zero-order valence-electron chi connectivity index (χ0n) is 13.7. The molecule has 3 aromatic rings. The molecule has 26 heavy (non-hydrogen) atoms. The van der Waals surface area contributed by atoms with Crippen LogP contribution >= 0.6 is 11.6 Å². The van der Waals surface area contributed by atoms with Gasteiger partial charge in [0.1, 0.15) is 5.82 Å². The van der Waals surface area contributed by atoms with E-state index in [4.69, 9.17) is 16.3 Å². The minimum absolute atomic E-state index is 0.0732. The maximum atomic E-state index is 13.0. The average Bonchev–Trinajstić information content (AvgIpc) is 3.04. The number of ether oxygens (including phenoxy) is 1. The first kappa shape index (κ1) is 17.9. The molecule has 1 heterocycles. The van der Waals surface area contributed by atoms with E-state index in [0.29, 0.717) is 6.42 Å². The van der Waals surface area contributed by atoms with E-state index in [9.17, 15) is 14.0 Å². The summed E-state index contributed by atoms with van der Waals surface area (Å²) in [5, 5.41) is 3.60. The van der Waals surface area contributed by atoms with Crippen LogP contribution in [0.25, 0.3) is 10.9 Å². The van der Waals surface area contributed by atoms with Crippen molar-refractivity contribution in [3.63, 3.8) is 0 Å². The summed E-state index contributed by atoms with van der Waals surface area (Å²) in [7, 11) is 0. The number of fused-ring (bicyclic) bond motifs is 1. The minimum atomic E-state index is -0.543. The number of amides is 1. The van der Waals surface area contributed by atoms with Crippen LogP contribution < -0.4 is 5.32 Å². The van der Waals surface area contributed by atoms with Crippen LogP contribution in [0.1, 0.15) is 12.0 Å². The number of carbonyl (C=O) groups is 2. The van der Waals surface area contributed by atoms with Crippen molar-refractivity contribution in [1.29, 1.82) is 0 Å². The molecule has 5 nitrogen and oxygen atoms in total. The molecule has 1 amide bonds. The molecule has 0 aliphatic rings. The molecule has 0 fully saturated rings. The van der Waals surface area contributed by atoms with Crippen LogP contribution in [0.15, 0.2) is 48.7 Å². The van der Waals surface area contributed by atoms with Crippen LogP contribution in [0.2, 0.25) is 5.02 Å². The molecule has 0 bridgehead atoms. The Morgan fingerprint density at radius 2 is 2.00 bits per heavy atom. The molecule has 7 heteroatoms. The van der Waals surface area contributed by atoms with Gasteiger partial charge in [0.05, 0.1) is 10.7 Å². The van der Waals surface area contributed by atoms with Crippen molar-refractivity contribution >= 4 is 40.1 Å². The lowest BCUT2D eigenvalue weighted by atomic mass is 10.1.